The van der Waals surface area contributed by atoms with Crippen molar-refractivity contribution in [2.24, 2.45) is 5.73 Å². The molecule has 2 amide bonds. The highest BCUT2D eigenvalue weighted by atomic mass is 16.2. The fraction of sp³-hybridized carbons (Fsp3) is 0.333. The molecule has 0 aliphatic heterocycles. The summed E-state index contributed by atoms with van der Waals surface area (Å²) in [5.41, 5.74) is 7.33. The molecule has 0 radical (unpaired) electrons. The van der Waals surface area contributed by atoms with Crippen molar-refractivity contribution in [3.63, 3.8) is 0 Å². The second kappa shape index (κ2) is 11.1. The second-order valence-corrected chi connectivity index (χ2v) is 6.17. The van der Waals surface area contributed by atoms with Gasteiger partial charge in [-0.25, -0.2) is 0 Å². The number of amides is 2. The van der Waals surface area contributed by atoms with Gasteiger partial charge in [-0.2, -0.15) is 0 Å². The highest BCUT2D eigenvalue weighted by Gasteiger charge is 2.13. The van der Waals surface area contributed by atoms with Gasteiger partial charge >= 0.3 is 0 Å². The lowest BCUT2D eigenvalue weighted by molar-refractivity contribution is -0.132. The molecule has 5 nitrogen and oxygen atoms in total. The zero-order valence-electron chi connectivity index (χ0n) is 15.1. The number of hydrogen-bond acceptors (Lipinski definition) is 3. The van der Waals surface area contributed by atoms with Crippen molar-refractivity contribution >= 4 is 11.8 Å². The minimum absolute atomic E-state index is 0.0938. The van der Waals surface area contributed by atoms with Crippen LogP contribution in [0.1, 0.15) is 35.2 Å². The Bertz CT molecular complexity index is 674. The molecule has 0 bridgehead atoms. The van der Waals surface area contributed by atoms with E-state index < -0.39 is 0 Å². The van der Waals surface area contributed by atoms with Crippen LogP contribution in [0.25, 0.3) is 0 Å². The lowest BCUT2D eigenvalue weighted by atomic mass is 10.2. The van der Waals surface area contributed by atoms with Gasteiger partial charge in [0.1, 0.15) is 0 Å². The van der Waals surface area contributed by atoms with E-state index in [2.05, 4.69) is 5.32 Å². The van der Waals surface area contributed by atoms with Gasteiger partial charge in [0.2, 0.25) is 5.91 Å². The van der Waals surface area contributed by atoms with E-state index in [9.17, 15) is 9.59 Å². The van der Waals surface area contributed by atoms with E-state index in [0.717, 1.165) is 12.0 Å². The van der Waals surface area contributed by atoms with Gasteiger partial charge in [0.25, 0.3) is 5.91 Å². The molecule has 2 aromatic rings. The summed E-state index contributed by atoms with van der Waals surface area (Å²) >= 11 is 0. The molecule has 5 heteroatoms. The Hall–Kier alpha value is -2.66. The highest BCUT2D eigenvalue weighted by molar-refractivity contribution is 5.94. The van der Waals surface area contributed by atoms with Gasteiger partial charge in [-0.1, -0.05) is 48.5 Å². The first-order valence-corrected chi connectivity index (χ1v) is 9.05. The predicted molar refractivity (Wildman–Crippen MR) is 104 cm³/mol. The molecule has 3 N–H and O–H groups in total. The van der Waals surface area contributed by atoms with E-state index in [1.54, 1.807) is 12.1 Å². The lowest BCUT2D eigenvalue weighted by Gasteiger charge is -2.23. The van der Waals surface area contributed by atoms with E-state index in [-0.39, 0.29) is 11.8 Å². The van der Waals surface area contributed by atoms with Gasteiger partial charge in [0.15, 0.2) is 0 Å². The number of nitrogens with two attached hydrogens (primary N) is 1. The van der Waals surface area contributed by atoms with Gasteiger partial charge < -0.3 is 16.0 Å². The van der Waals surface area contributed by atoms with Crippen LogP contribution >= 0.6 is 0 Å². The van der Waals surface area contributed by atoms with Crippen LogP contribution in [0.3, 0.4) is 0 Å². The largest absolute Gasteiger partial charge is 0.352 e. The van der Waals surface area contributed by atoms with Crippen LogP contribution in [-0.4, -0.2) is 36.3 Å². The van der Waals surface area contributed by atoms with Crippen molar-refractivity contribution in [1.29, 1.82) is 0 Å². The maximum atomic E-state index is 12.5. The fourth-order valence-electron chi connectivity index (χ4n) is 2.67. The molecule has 26 heavy (non-hydrogen) atoms. The highest BCUT2D eigenvalue weighted by Crippen LogP contribution is 2.08. The van der Waals surface area contributed by atoms with Gasteiger partial charge in [0, 0.05) is 31.6 Å². The maximum absolute atomic E-state index is 12.5. The SMILES string of the molecule is NCCCN(Cc1ccccc1)C(=O)CCCNC(=O)c1ccccc1. The predicted octanol–water partition coefficient (Wildman–Crippen LogP) is 2.57. The monoisotopic (exact) mass is 353 g/mol. The van der Waals surface area contributed by atoms with E-state index in [1.165, 1.54) is 0 Å². The molecule has 0 spiro atoms. The first-order valence-electron chi connectivity index (χ1n) is 9.05. The van der Waals surface area contributed by atoms with E-state index >= 15 is 0 Å². The summed E-state index contributed by atoms with van der Waals surface area (Å²) in [4.78, 5) is 26.4. The molecule has 138 valence electrons. The topological polar surface area (TPSA) is 75.4 Å². The molecule has 0 unspecified atom stereocenters. The molecule has 0 aromatic heterocycles. The third-order valence-electron chi connectivity index (χ3n) is 4.09. The number of rotatable bonds is 10. The third kappa shape index (κ3) is 6.69. The van der Waals surface area contributed by atoms with Crippen LogP contribution in [0.5, 0.6) is 0 Å². The Morgan fingerprint density at radius 2 is 1.58 bits per heavy atom. The molecule has 2 rings (SSSR count). The van der Waals surface area contributed by atoms with Crippen LogP contribution in [0.4, 0.5) is 0 Å². The van der Waals surface area contributed by atoms with E-state index in [1.807, 2.05) is 53.4 Å². The molecule has 0 saturated heterocycles. The second-order valence-electron chi connectivity index (χ2n) is 6.17. The molecule has 0 aliphatic carbocycles. The van der Waals surface area contributed by atoms with Crippen LogP contribution in [0, 0.1) is 0 Å². The molecule has 0 saturated carbocycles. The van der Waals surface area contributed by atoms with Crippen molar-refractivity contribution in [2.75, 3.05) is 19.6 Å². The van der Waals surface area contributed by atoms with Gasteiger partial charge in [0.05, 0.1) is 0 Å². The Kier molecular flexibility index (Phi) is 8.36. The number of nitrogens with one attached hydrogen (secondary N) is 1. The number of benzene rings is 2. The fourth-order valence-corrected chi connectivity index (χ4v) is 2.67. The molecule has 0 heterocycles. The van der Waals surface area contributed by atoms with Crippen molar-refractivity contribution in [3.05, 3.63) is 71.8 Å². The van der Waals surface area contributed by atoms with Crippen LogP contribution in [0.2, 0.25) is 0 Å². The van der Waals surface area contributed by atoms with Crippen molar-refractivity contribution in [3.8, 4) is 0 Å². The van der Waals surface area contributed by atoms with Crippen molar-refractivity contribution in [2.45, 2.75) is 25.8 Å². The van der Waals surface area contributed by atoms with Crippen LogP contribution in [0.15, 0.2) is 60.7 Å². The molecule has 0 aliphatic rings. The first-order chi connectivity index (χ1) is 12.7. The van der Waals surface area contributed by atoms with Gasteiger partial charge in [-0.05, 0) is 37.1 Å². The number of carbonyl (C=O) groups is 2. The molecule has 0 atom stereocenters. The quantitative estimate of drug-likeness (QED) is 0.645. The average molecular weight is 353 g/mol. The summed E-state index contributed by atoms with van der Waals surface area (Å²) in [7, 11) is 0. The molecular weight excluding hydrogens is 326 g/mol. The maximum Gasteiger partial charge on any atom is 0.251 e. The summed E-state index contributed by atoms with van der Waals surface area (Å²) in [6, 6.07) is 19.0. The summed E-state index contributed by atoms with van der Waals surface area (Å²) in [6.07, 6.45) is 1.81. The van der Waals surface area contributed by atoms with Gasteiger partial charge in [-0.15, -0.1) is 0 Å². The number of carbonyl (C=O) groups excluding carboxylic acids is 2. The number of hydrogen-bond donors (Lipinski definition) is 2. The average Bonchev–Trinajstić information content (AvgIpc) is 2.69. The molecular formula is C21H27N3O2. The van der Waals surface area contributed by atoms with Crippen molar-refractivity contribution < 1.29 is 9.59 Å². The zero-order valence-corrected chi connectivity index (χ0v) is 15.1. The normalized spacial score (nSPS) is 10.3. The Balaban J connectivity index is 1.78. The lowest BCUT2D eigenvalue weighted by Crippen LogP contribution is -2.33. The number of nitrogens with zero attached hydrogens (tertiary/aromatic N) is 1. The van der Waals surface area contributed by atoms with Gasteiger partial charge in [-0.3, -0.25) is 9.59 Å². The van der Waals surface area contributed by atoms with Crippen LogP contribution < -0.4 is 11.1 Å². The summed E-state index contributed by atoms with van der Waals surface area (Å²) in [5.74, 6) is -0.0152. The Labute approximate surface area is 155 Å². The Morgan fingerprint density at radius 1 is 0.923 bits per heavy atom. The molecule has 2 aromatic carbocycles. The minimum atomic E-state index is -0.109. The third-order valence-corrected chi connectivity index (χ3v) is 4.09. The first kappa shape index (κ1) is 19.7. The summed E-state index contributed by atoms with van der Waals surface area (Å²) < 4.78 is 0. The Morgan fingerprint density at radius 3 is 2.23 bits per heavy atom. The van der Waals surface area contributed by atoms with E-state index in [4.69, 9.17) is 5.73 Å². The standard InChI is InChI=1S/C21H27N3O2/c22-14-8-16-24(17-18-9-3-1-4-10-18)20(25)13-7-15-23-21(26)19-11-5-2-6-12-19/h1-6,9-12H,7-8,13-17,22H2,(H,23,26). The summed E-state index contributed by atoms with van der Waals surface area (Å²) in [5, 5.41) is 2.86. The van der Waals surface area contributed by atoms with E-state index in [0.29, 0.717) is 44.6 Å². The summed E-state index contributed by atoms with van der Waals surface area (Å²) in [6.45, 7) is 2.29. The minimum Gasteiger partial charge on any atom is -0.352 e. The van der Waals surface area contributed by atoms with Crippen LogP contribution in [-0.2, 0) is 11.3 Å². The molecule has 0 fully saturated rings. The zero-order chi connectivity index (χ0) is 18.6. The smallest absolute Gasteiger partial charge is 0.251 e. The van der Waals surface area contributed by atoms with Crippen molar-refractivity contribution in [1.82, 2.24) is 10.2 Å².